The first kappa shape index (κ1) is 18.1. The third kappa shape index (κ3) is 6.70. The number of hydrogen-bond acceptors (Lipinski definition) is 5. The van der Waals surface area contributed by atoms with E-state index in [0.29, 0.717) is 0 Å². The topological polar surface area (TPSA) is 116 Å². The first-order chi connectivity index (χ1) is 8.37. The van der Waals surface area contributed by atoms with Gasteiger partial charge in [-0.05, 0) is 33.6 Å². The number of halogens is 2. The van der Waals surface area contributed by atoms with Crippen molar-refractivity contribution in [3.8, 4) is 0 Å². The lowest BCUT2D eigenvalue weighted by molar-refractivity contribution is -0.156. The second-order valence-corrected chi connectivity index (χ2v) is 5.88. The van der Waals surface area contributed by atoms with Crippen LogP contribution in [0.5, 0.6) is 0 Å². The van der Waals surface area contributed by atoms with E-state index >= 15 is 0 Å². The minimum Gasteiger partial charge on any atom is -0.480 e. The number of nitrogens with two attached hydrogens (primary N) is 2. The van der Waals surface area contributed by atoms with Crippen molar-refractivity contribution in [2.45, 2.75) is 56.4 Å². The number of carbonyl (C=O) groups excluding carboxylic acids is 1. The summed E-state index contributed by atoms with van der Waals surface area (Å²) in [5, 5.41) is 5.91. The summed E-state index contributed by atoms with van der Waals surface area (Å²) in [6.45, 7) is 5.00. The molecular formula is C11H20ClFN2O4. The Labute approximate surface area is 116 Å². The fourth-order valence-electron chi connectivity index (χ4n) is 1.18. The normalized spacial score (nSPS) is 18.3. The van der Waals surface area contributed by atoms with Gasteiger partial charge in [0.25, 0.3) is 0 Å². The maximum atomic E-state index is 13.7. The maximum Gasteiger partial charge on any atom is 0.325 e. The van der Waals surface area contributed by atoms with E-state index in [9.17, 15) is 14.0 Å². The lowest BCUT2D eigenvalue weighted by atomic mass is 10.0. The molecule has 0 aromatic heterocycles. The molecule has 2 unspecified atom stereocenters. The van der Waals surface area contributed by atoms with Gasteiger partial charge in [-0.2, -0.15) is 0 Å². The number of aliphatic carboxylic acids is 1. The molecule has 8 heteroatoms. The highest BCUT2D eigenvalue weighted by Gasteiger charge is 2.40. The van der Waals surface area contributed by atoms with Crippen LogP contribution in [-0.4, -0.2) is 39.9 Å². The summed E-state index contributed by atoms with van der Waals surface area (Å²) in [5.41, 5.74) is 9.91. The van der Waals surface area contributed by atoms with Crippen molar-refractivity contribution < 1.29 is 23.8 Å². The second-order valence-electron chi connectivity index (χ2n) is 5.26. The highest BCUT2D eigenvalue weighted by atomic mass is 35.5. The predicted octanol–water partition coefficient (Wildman–Crippen LogP) is 0.752. The second kappa shape index (κ2) is 6.49. The van der Waals surface area contributed by atoms with Crippen LogP contribution in [0, 0.1) is 0 Å². The van der Waals surface area contributed by atoms with Crippen LogP contribution in [0.4, 0.5) is 4.39 Å². The van der Waals surface area contributed by atoms with Crippen molar-refractivity contribution in [1.82, 2.24) is 0 Å². The average molecular weight is 299 g/mol. The Bertz CT molecular complexity index is 344. The molecule has 0 rings (SSSR count). The number of rotatable bonds is 6. The zero-order valence-electron chi connectivity index (χ0n) is 11.2. The monoisotopic (exact) mass is 298 g/mol. The van der Waals surface area contributed by atoms with Crippen LogP contribution >= 0.6 is 11.6 Å². The number of alkyl halides is 2. The molecular weight excluding hydrogens is 279 g/mol. The fraction of sp³-hybridized carbons (Fsp3) is 0.818. The number of ether oxygens (including phenoxy) is 1. The van der Waals surface area contributed by atoms with E-state index in [1.54, 1.807) is 20.8 Å². The Balaban J connectivity index is 4.40. The Kier molecular flexibility index (Phi) is 6.18. The van der Waals surface area contributed by atoms with Gasteiger partial charge in [-0.3, -0.25) is 9.59 Å². The Morgan fingerprint density at radius 2 is 1.84 bits per heavy atom. The molecule has 0 bridgehead atoms. The van der Waals surface area contributed by atoms with Crippen LogP contribution in [-0.2, 0) is 14.3 Å². The van der Waals surface area contributed by atoms with Gasteiger partial charge >= 0.3 is 11.9 Å². The average Bonchev–Trinajstić information content (AvgIpc) is 2.22. The molecule has 3 atom stereocenters. The van der Waals surface area contributed by atoms with Crippen LogP contribution in [0.2, 0.25) is 0 Å². The fourth-order valence-corrected chi connectivity index (χ4v) is 1.38. The molecule has 0 spiro atoms. The molecule has 112 valence electrons. The molecule has 0 aliphatic carbocycles. The summed E-state index contributed by atoms with van der Waals surface area (Å²) in [4.78, 5) is 22.1. The molecule has 0 amide bonds. The van der Waals surface area contributed by atoms with Gasteiger partial charge < -0.3 is 21.3 Å². The summed E-state index contributed by atoms with van der Waals surface area (Å²) in [6, 6.07) is -2.98. The Morgan fingerprint density at radius 1 is 1.37 bits per heavy atom. The van der Waals surface area contributed by atoms with Crippen molar-refractivity contribution in [2.75, 3.05) is 0 Å². The van der Waals surface area contributed by atoms with E-state index in [-0.39, 0.29) is 6.42 Å². The van der Waals surface area contributed by atoms with Gasteiger partial charge in [0.15, 0.2) is 6.04 Å². The third-order valence-corrected chi connectivity index (χ3v) is 2.64. The smallest absolute Gasteiger partial charge is 0.325 e. The van der Waals surface area contributed by atoms with Gasteiger partial charge in [-0.15, -0.1) is 0 Å². The highest BCUT2D eigenvalue weighted by Crippen LogP contribution is 2.27. The molecule has 0 aromatic rings. The minimum atomic E-state index is -2.66. The molecule has 6 nitrogen and oxygen atoms in total. The standard InChI is InChI=1S/C11H20ClFN2O4/c1-10(2,3)19-9(18)6(14)4-5-11(12,13)7(15)8(16)17/h6-7H,4-5,14-15H2,1-3H3,(H,16,17)/t6-,7?,11?/m0/s1. The van der Waals surface area contributed by atoms with E-state index in [2.05, 4.69) is 0 Å². The van der Waals surface area contributed by atoms with Gasteiger partial charge in [0.05, 0.1) is 0 Å². The number of hydrogen-bond donors (Lipinski definition) is 3. The molecule has 0 radical (unpaired) electrons. The van der Waals surface area contributed by atoms with Crippen molar-refractivity contribution in [2.24, 2.45) is 11.5 Å². The highest BCUT2D eigenvalue weighted by molar-refractivity contribution is 6.24. The van der Waals surface area contributed by atoms with Crippen molar-refractivity contribution in [1.29, 1.82) is 0 Å². The van der Waals surface area contributed by atoms with E-state index in [1.165, 1.54) is 0 Å². The van der Waals surface area contributed by atoms with E-state index < -0.39 is 41.2 Å². The van der Waals surface area contributed by atoms with Crippen LogP contribution in [0.15, 0.2) is 0 Å². The zero-order valence-corrected chi connectivity index (χ0v) is 11.9. The molecule has 19 heavy (non-hydrogen) atoms. The third-order valence-electron chi connectivity index (χ3n) is 2.22. The maximum absolute atomic E-state index is 13.7. The summed E-state index contributed by atoms with van der Waals surface area (Å²) < 4.78 is 18.7. The van der Waals surface area contributed by atoms with Crippen LogP contribution in [0.3, 0.4) is 0 Å². The summed E-state index contributed by atoms with van der Waals surface area (Å²) in [5.74, 6) is -2.27. The van der Waals surface area contributed by atoms with Gasteiger partial charge in [0, 0.05) is 0 Å². The molecule has 0 aliphatic rings. The molecule has 0 saturated heterocycles. The van der Waals surface area contributed by atoms with Crippen LogP contribution in [0.1, 0.15) is 33.6 Å². The zero-order chi connectivity index (χ0) is 15.4. The lowest BCUT2D eigenvalue weighted by Crippen LogP contribution is -2.47. The molecule has 0 saturated carbocycles. The van der Waals surface area contributed by atoms with Gasteiger partial charge in [-0.25, -0.2) is 4.39 Å². The number of carboxylic acids is 1. The molecule has 5 N–H and O–H groups in total. The lowest BCUT2D eigenvalue weighted by Gasteiger charge is -2.25. The van der Waals surface area contributed by atoms with Crippen LogP contribution < -0.4 is 11.5 Å². The first-order valence-corrected chi connectivity index (χ1v) is 6.09. The summed E-state index contributed by atoms with van der Waals surface area (Å²) >= 11 is 5.38. The van der Waals surface area contributed by atoms with Crippen molar-refractivity contribution >= 4 is 23.5 Å². The quantitative estimate of drug-likeness (QED) is 0.492. The van der Waals surface area contributed by atoms with Crippen molar-refractivity contribution in [3.05, 3.63) is 0 Å². The van der Waals surface area contributed by atoms with E-state index in [1.807, 2.05) is 0 Å². The number of esters is 1. The molecule has 0 heterocycles. The molecule has 0 aliphatic heterocycles. The van der Waals surface area contributed by atoms with E-state index in [0.717, 1.165) is 0 Å². The number of carboxylic acid groups (broad SMARTS) is 1. The van der Waals surface area contributed by atoms with Crippen molar-refractivity contribution in [3.63, 3.8) is 0 Å². The minimum absolute atomic E-state index is 0.171. The predicted molar refractivity (Wildman–Crippen MR) is 68.4 cm³/mol. The Morgan fingerprint density at radius 3 is 2.21 bits per heavy atom. The SMILES string of the molecule is CC(C)(C)OC(=O)[C@@H](N)CCC(F)(Cl)C(N)C(=O)O. The summed E-state index contributed by atoms with van der Waals surface area (Å²) in [6.07, 6.45) is -0.641. The first-order valence-electron chi connectivity index (χ1n) is 5.71. The summed E-state index contributed by atoms with van der Waals surface area (Å²) in [7, 11) is 0. The Hall–Kier alpha value is -0.920. The molecule has 0 aromatic carbocycles. The van der Waals surface area contributed by atoms with E-state index in [4.69, 9.17) is 32.9 Å². The largest absolute Gasteiger partial charge is 0.480 e. The van der Waals surface area contributed by atoms with Gasteiger partial charge in [-0.1, -0.05) is 11.6 Å². The molecule has 0 fully saturated rings. The van der Waals surface area contributed by atoms with Gasteiger partial charge in [0.1, 0.15) is 11.6 Å². The number of carbonyl (C=O) groups is 2. The van der Waals surface area contributed by atoms with Crippen LogP contribution in [0.25, 0.3) is 0 Å². The van der Waals surface area contributed by atoms with Gasteiger partial charge in [0.2, 0.25) is 5.13 Å².